The SMILES string of the molecule is CC/C=C\C/C=C\C/C=C\C/C=C\CCCCCCC(=O)NC(CO)C(O)/C=C/CC/C=C/CCCCCCCCCCCCC. The van der Waals surface area contributed by atoms with Crippen LogP contribution in [0.25, 0.3) is 0 Å². The van der Waals surface area contributed by atoms with Crippen molar-refractivity contribution in [2.45, 2.75) is 180 Å². The third kappa shape index (κ3) is 33.2. The van der Waals surface area contributed by atoms with Crippen molar-refractivity contribution >= 4 is 5.91 Å². The van der Waals surface area contributed by atoms with Gasteiger partial charge in [-0.25, -0.2) is 0 Å². The zero-order valence-electron chi connectivity index (χ0n) is 30.1. The molecule has 0 bridgehead atoms. The molecule has 0 saturated carbocycles. The van der Waals surface area contributed by atoms with Gasteiger partial charge in [-0.2, -0.15) is 0 Å². The summed E-state index contributed by atoms with van der Waals surface area (Å²) < 4.78 is 0. The van der Waals surface area contributed by atoms with Gasteiger partial charge < -0.3 is 15.5 Å². The number of allylic oxidation sites excluding steroid dienone is 11. The summed E-state index contributed by atoms with van der Waals surface area (Å²) in [5.41, 5.74) is 0. The molecule has 46 heavy (non-hydrogen) atoms. The van der Waals surface area contributed by atoms with Crippen molar-refractivity contribution in [2.24, 2.45) is 0 Å². The number of hydrogen-bond acceptors (Lipinski definition) is 3. The van der Waals surface area contributed by atoms with E-state index in [1.807, 2.05) is 6.08 Å². The van der Waals surface area contributed by atoms with Crippen molar-refractivity contribution in [1.82, 2.24) is 5.32 Å². The van der Waals surface area contributed by atoms with Crippen molar-refractivity contribution in [1.29, 1.82) is 0 Å². The molecule has 0 aromatic heterocycles. The molecule has 0 heterocycles. The molecule has 2 atom stereocenters. The summed E-state index contributed by atoms with van der Waals surface area (Å²) in [6.45, 7) is 4.15. The Kier molecular flexibility index (Phi) is 35.5. The van der Waals surface area contributed by atoms with E-state index in [0.29, 0.717) is 6.42 Å². The summed E-state index contributed by atoms with van der Waals surface area (Å²) in [5, 5.41) is 22.9. The molecule has 0 aromatic carbocycles. The maximum Gasteiger partial charge on any atom is 0.220 e. The van der Waals surface area contributed by atoms with Crippen LogP contribution in [0.1, 0.15) is 168 Å². The number of hydrogen-bond donors (Lipinski definition) is 3. The number of aliphatic hydroxyl groups excluding tert-OH is 2. The molecule has 0 aliphatic carbocycles. The molecule has 4 heteroatoms. The average Bonchev–Trinajstić information content (AvgIpc) is 3.06. The van der Waals surface area contributed by atoms with Gasteiger partial charge in [-0.15, -0.1) is 0 Å². The van der Waals surface area contributed by atoms with E-state index in [2.05, 4.69) is 79.9 Å². The van der Waals surface area contributed by atoms with Crippen molar-refractivity contribution in [3.05, 3.63) is 72.9 Å². The molecule has 264 valence electrons. The lowest BCUT2D eigenvalue weighted by molar-refractivity contribution is -0.123. The van der Waals surface area contributed by atoms with E-state index in [-0.39, 0.29) is 12.5 Å². The fraction of sp³-hybridized carbons (Fsp3) is 0.690. The summed E-state index contributed by atoms with van der Waals surface area (Å²) >= 11 is 0. The van der Waals surface area contributed by atoms with Gasteiger partial charge in [-0.1, -0.05) is 164 Å². The van der Waals surface area contributed by atoms with Crippen LogP contribution < -0.4 is 5.32 Å². The van der Waals surface area contributed by atoms with E-state index in [0.717, 1.165) is 77.0 Å². The smallest absolute Gasteiger partial charge is 0.220 e. The van der Waals surface area contributed by atoms with Crippen LogP contribution in [0.2, 0.25) is 0 Å². The van der Waals surface area contributed by atoms with Crippen LogP contribution in [0, 0.1) is 0 Å². The highest BCUT2D eigenvalue weighted by molar-refractivity contribution is 5.76. The fourth-order valence-corrected chi connectivity index (χ4v) is 5.24. The highest BCUT2D eigenvalue weighted by atomic mass is 16.3. The second-order valence-corrected chi connectivity index (χ2v) is 12.6. The van der Waals surface area contributed by atoms with E-state index in [1.165, 1.54) is 70.6 Å². The Bertz CT molecular complexity index is 823. The Labute approximate surface area is 285 Å². The first-order chi connectivity index (χ1) is 22.7. The molecule has 0 spiro atoms. The van der Waals surface area contributed by atoms with Gasteiger partial charge in [0.2, 0.25) is 5.91 Å². The molecule has 0 rings (SSSR count). The molecule has 0 radical (unpaired) electrons. The zero-order chi connectivity index (χ0) is 33.6. The van der Waals surface area contributed by atoms with Gasteiger partial charge in [0.05, 0.1) is 18.8 Å². The first-order valence-electron chi connectivity index (χ1n) is 19.2. The standard InChI is InChI=1S/C42H73NO3/c1-3-5-7-9-11-13-15-17-19-21-23-25-27-29-31-33-35-37-41(45)40(39-44)43-42(46)38-36-34-32-30-28-26-24-22-20-18-16-14-12-10-8-6-4-2/h6,8,12,14,18,20,24,26-27,29,35,37,40-41,44-45H,3-5,7,9-11,13,15-17,19,21-23,25,28,30-34,36,38-39H2,1-2H3,(H,43,46)/b8-6-,14-12-,20-18-,26-24-,29-27+,37-35+. The number of carbonyl (C=O) groups excluding carboxylic acids is 1. The van der Waals surface area contributed by atoms with Crippen molar-refractivity contribution < 1.29 is 15.0 Å². The number of rotatable bonds is 33. The molecule has 0 fully saturated rings. The maximum absolute atomic E-state index is 12.3. The highest BCUT2D eigenvalue weighted by Gasteiger charge is 2.17. The predicted molar refractivity (Wildman–Crippen MR) is 202 cm³/mol. The quantitative estimate of drug-likeness (QED) is 0.0494. The lowest BCUT2D eigenvalue weighted by Gasteiger charge is -2.19. The lowest BCUT2D eigenvalue weighted by atomic mass is 10.1. The number of unbranched alkanes of at least 4 members (excludes halogenated alkanes) is 16. The van der Waals surface area contributed by atoms with E-state index < -0.39 is 12.1 Å². The summed E-state index contributed by atoms with van der Waals surface area (Å²) in [5.74, 6) is -0.101. The molecular weight excluding hydrogens is 566 g/mol. The fourth-order valence-electron chi connectivity index (χ4n) is 5.24. The zero-order valence-corrected chi connectivity index (χ0v) is 30.1. The number of aliphatic hydroxyl groups is 2. The second kappa shape index (κ2) is 37.3. The van der Waals surface area contributed by atoms with Crippen LogP contribution in [0.3, 0.4) is 0 Å². The normalized spacial score (nSPS) is 13.9. The molecule has 0 aromatic rings. The van der Waals surface area contributed by atoms with Crippen LogP contribution in [-0.2, 0) is 4.79 Å². The average molecular weight is 640 g/mol. The minimum atomic E-state index is -0.875. The van der Waals surface area contributed by atoms with Gasteiger partial charge in [0.1, 0.15) is 0 Å². The van der Waals surface area contributed by atoms with Gasteiger partial charge in [0.25, 0.3) is 0 Å². The molecule has 1 amide bonds. The van der Waals surface area contributed by atoms with Crippen molar-refractivity contribution in [2.75, 3.05) is 6.61 Å². The lowest BCUT2D eigenvalue weighted by Crippen LogP contribution is -2.45. The Balaban J connectivity index is 3.74. The van der Waals surface area contributed by atoms with Gasteiger partial charge in [-0.05, 0) is 70.6 Å². The number of carbonyl (C=O) groups is 1. The Morgan fingerprint density at radius 3 is 1.52 bits per heavy atom. The topological polar surface area (TPSA) is 69.6 Å². The molecule has 0 saturated heterocycles. The van der Waals surface area contributed by atoms with E-state index in [1.54, 1.807) is 6.08 Å². The van der Waals surface area contributed by atoms with E-state index in [9.17, 15) is 15.0 Å². The molecule has 0 aliphatic rings. The maximum atomic E-state index is 12.3. The van der Waals surface area contributed by atoms with Crippen LogP contribution >= 0.6 is 0 Å². The predicted octanol–water partition coefficient (Wildman–Crippen LogP) is 11.6. The first kappa shape index (κ1) is 43.8. The molecular formula is C42H73NO3. The third-order valence-corrected chi connectivity index (χ3v) is 8.17. The van der Waals surface area contributed by atoms with Crippen LogP contribution in [-0.4, -0.2) is 34.9 Å². The van der Waals surface area contributed by atoms with Gasteiger partial charge in [0.15, 0.2) is 0 Å². The molecule has 3 N–H and O–H groups in total. The highest BCUT2D eigenvalue weighted by Crippen LogP contribution is 2.12. The molecule has 0 aliphatic heterocycles. The molecule has 4 nitrogen and oxygen atoms in total. The van der Waals surface area contributed by atoms with Crippen LogP contribution in [0.5, 0.6) is 0 Å². The molecule has 2 unspecified atom stereocenters. The Morgan fingerprint density at radius 1 is 0.543 bits per heavy atom. The van der Waals surface area contributed by atoms with Gasteiger partial charge in [-0.3, -0.25) is 4.79 Å². The monoisotopic (exact) mass is 640 g/mol. The number of amides is 1. The van der Waals surface area contributed by atoms with Crippen molar-refractivity contribution in [3.8, 4) is 0 Å². The Morgan fingerprint density at radius 2 is 0.978 bits per heavy atom. The summed E-state index contributed by atoms with van der Waals surface area (Å²) in [7, 11) is 0. The van der Waals surface area contributed by atoms with Crippen LogP contribution in [0.4, 0.5) is 0 Å². The summed E-state index contributed by atoms with van der Waals surface area (Å²) in [6, 6.07) is -0.654. The summed E-state index contributed by atoms with van der Waals surface area (Å²) in [6.07, 6.45) is 52.7. The van der Waals surface area contributed by atoms with Gasteiger partial charge in [0, 0.05) is 6.42 Å². The number of nitrogens with one attached hydrogen (secondary N) is 1. The van der Waals surface area contributed by atoms with E-state index in [4.69, 9.17) is 0 Å². The third-order valence-electron chi connectivity index (χ3n) is 8.17. The second-order valence-electron chi connectivity index (χ2n) is 12.6. The minimum absolute atomic E-state index is 0.101. The van der Waals surface area contributed by atoms with Crippen LogP contribution in [0.15, 0.2) is 72.9 Å². The Hall–Kier alpha value is -2.17. The largest absolute Gasteiger partial charge is 0.394 e. The minimum Gasteiger partial charge on any atom is -0.394 e. The van der Waals surface area contributed by atoms with Crippen molar-refractivity contribution in [3.63, 3.8) is 0 Å². The summed E-state index contributed by atoms with van der Waals surface area (Å²) in [4.78, 5) is 12.3. The first-order valence-corrected chi connectivity index (χ1v) is 19.2. The van der Waals surface area contributed by atoms with Gasteiger partial charge >= 0.3 is 0 Å². The van der Waals surface area contributed by atoms with E-state index >= 15 is 0 Å².